The Labute approximate surface area is 99.6 Å². The molecule has 1 saturated heterocycles. The minimum absolute atomic E-state index is 0.395. The van der Waals surface area contributed by atoms with Crippen LogP contribution in [-0.4, -0.2) is 29.6 Å². The van der Waals surface area contributed by atoms with Gasteiger partial charge in [0, 0.05) is 24.7 Å². The molecule has 2 unspecified atom stereocenters. The number of nitrogens with two attached hydrogens (primary N) is 1. The molecule has 0 aromatic carbocycles. The van der Waals surface area contributed by atoms with Gasteiger partial charge in [0.05, 0.1) is 0 Å². The Hall–Kier alpha value is -0.0800. The molecule has 0 radical (unpaired) electrons. The summed E-state index contributed by atoms with van der Waals surface area (Å²) in [6.45, 7) is 4.65. The molecule has 2 bridgehead atoms. The Balaban J connectivity index is 1.75. The fourth-order valence-corrected chi connectivity index (χ4v) is 4.41. The van der Waals surface area contributed by atoms with Crippen LogP contribution in [0.2, 0.25) is 0 Å². The molecule has 0 aromatic rings. The maximum absolute atomic E-state index is 6.15. The predicted molar refractivity (Wildman–Crippen MR) is 67.3 cm³/mol. The molecule has 2 N–H and O–H groups in total. The lowest BCUT2D eigenvalue weighted by atomic mass is 9.75. The number of piperidine rings is 1. The van der Waals surface area contributed by atoms with E-state index in [9.17, 15) is 0 Å². The second-order valence-electron chi connectivity index (χ2n) is 6.60. The van der Waals surface area contributed by atoms with E-state index in [-0.39, 0.29) is 0 Å². The maximum atomic E-state index is 6.15. The van der Waals surface area contributed by atoms with Crippen molar-refractivity contribution in [3.05, 3.63) is 0 Å². The third-order valence-electron chi connectivity index (χ3n) is 5.60. The molecule has 16 heavy (non-hydrogen) atoms. The van der Waals surface area contributed by atoms with E-state index in [0.717, 1.165) is 24.4 Å². The summed E-state index contributed by atoms with van der Waals surface area (Å²) in [4.78, 5) is 2.83. The molecule has 92 valence electrons. The van der Waals surface area contributed by atoms with Crippen LogP contribution in [0, 0.1) is 11.8 Å². The summed E-state index contributed by atoms with van der Waals surface area (Å²) >= 11 is 0. The molecule has 0 amide bonds. The van der Waals surface area contributed by atoms with E-state index in [1.54, 1.807) is 0 Å². The molecule has 3 aliphatic rings. The Morgan fingerprint density at radius 2 is 1.94 bits per heavy atom. The summed E-state index contributed by atoms with van der Waals surface area (Å²) in [6, 6.07) is 0.891. The lowest BCUT2D eigenvalue weighted by molar-refractivity contribution is 0.0200. The molecule has 2 nitrogen and oxygen atoms in total. The van der Waals surface area contributed by atoms with Crippen LogP contribution in [0.25, 0.3) is 0 Å². The zero-order valence-electron chi connectivity index (χ0n) is 10.6. The molecule has 1 heterocycles. The summed E-state index contributed by atoms with van der Waals surface area (Å²) in [5.41, 5.74) is 6.55. The van der Waals surface area contributed by atoms with Gasteiger partial charge in [0.15, 0.2) is 0 Å². The normalized spacial score (nSPS) is 48.8. The van der Waals surface area contributed by atoms with Gasteiger partial charge in [-0.2, -0.15) is 0 Å². The fraction of sp³-hybridized carbons (Fsp3) is 1.00. The van der Waals surface area contributed by atoms with Gasteiger partial charge in [-0.05, 0) is 56.8 Å². The van der Waals surface area contributed by atoms with Crippen molar-refractivity contribution in [3.8, 4) is 0 Å². The first kappa shape index (κ1) is 11.0. The molecule has 2 heteroatoms. The topological polar surface area (TPSA) is 29.3 Å². The van der Waals surface area contributed by atoms with Gasteiger partial charge >= 0.3 is 0 Å². The smallest absolute Gasteiger partial charge is 0.0335 e. The largest absolute Gasteiger partial charge is 0.329 e. The average molecular weight is 222 g/mol. The standard InChI is InChI=1S/C14H26N2/c1-11-4-6-14(10-15,7-5-11)16-9-12-2-3-13(16)8-12/h11-13H,2-10,15H2,1H3. The van der Waals surface area contributed by atoms with Crippen molar-refractivity contribution >= 4 is 0 Å². The summed E-state index contributed by atoms with van der Waals surface area (Å²) in [5, 5.41) is 0. The minimum Gasteiger partial charge on any atom is -0.329 e. The van der Waals surface area contributed by atoms with Gasteiger partial charge in [0.25, 0.3) is 0 Å². The number of hydrogen-bond donors (Lipinski definition) is 1. The number of fused-ring (bicyclic) bond motifs is 2. The number of hydrogen-bond acceptors (Lipinski definition) is 2. The average Bonchev–Trinajstić information content (AvgIpc) is 2.93. The highest BCUT2D eigenvalue weighted by molar-refractivity contribution is 5.04. The first-order valence-electron chi connectivity index (χ1n) is 7.20. The van der Waals surface area contributed by atoms with Gasteiger partial charge in [-0.3, -0.25) is 4.90 Å². The zero-order valence-corrected chi connectivity index (χ0v) is 10.6. The summed E-state index contributed by atoms with van der Waals surface area (Å²) in [5.74, 6) is 1.94. The van der Waals surface area contributed by atoms with E-state index in [1.165, 1.54) is 51.5 Å². The zero-order chi connectivity index (χ0) is 11.2. The quantitative estimate of drug-likeness (QED) is 0.777. The predicted octanol–water partition coefficient (Wildman–Crippen LogP) is 2.38. The molecular formula is C14H26N2. The molecule has 1 aliphatic heterocycles. The Morgan fingerprint density at radius 3 is 2.44 bits per heavy atom. The van der Waals surface area contributed by atoms with Crippen LogP contribution in [0.5, 0.6) is 0 Å². The van der Waals surface area contributed by atoms with Crippen molar-refractivity contribution in [1.29, 1.82) is 0 Å². The molecule has 3 rings (SSSR count). The Kier molecular flexibility index (Phi) is 2.75. The SMILES string of the molecule is CC1CCC(CN)(N2CC3CCC2C3)CC1. The van der Waals surface area contributed by atoms with Gasteiger partial charge in [0.1, 0.15) is 0 Å². The van der Waals surface area contributed by atoms with Crippen molar-refractivity contribution in [3.63, 3.8) is 0 Å². The first-order valence-corrected chi connectivity index (χ1v) is 7.20. The number of likely N-dealkylation sites (tertiary alicyclic amines) is 1. The van der Waals surface area contributed by atoms with E-state index in [0.29, 0.717) is 5.54 Å². The van der Waals surface area contributed by atoms with Crippen LogP contribution in [0.4, 0.5) is 0 Å². The maximum Gasteiger partial charge on any atom is 0.0335 e. The number of nitrogens with zero attached hydrogens (tertiary/aromatic N) is 1. The van der Waals surface area contributed by atoms with Gasteiger partial charge in [-0.1, -0.05) is 6.92 Å². The monoisotopic (exact) mass is 222 g/mol. The van der Waals surface area contributed by atoms with E-state index in [1.807, 2.05) is 0 Å². The lowest BCUT2D eigenvalue weighted by Gasteiger charge is -2.49. The van der Waals surface area contributed by atoms with Crippen molar-refractivity contribution in [1.82, 2.24) is 4.90 Å². The Morgan fingerprint density at radius 1 is 1.19 bits per heavy atom. The van der Waals surface area contributed by atoms with E-state index >= 15 is 0 Å². The molecule has 2 saturated carbocycles. The summed E-state index contributed by atoms with van der Waals surface area (Å²) in [7, 11) is 0. The molecule has 2 atom stereocenters. The highest BCUT2D eigenvalue weighted by Crippen LogP contribution is 2.46. The minimum atomic E-state index is 0.395. The first-order chi connectivity index (χ1) is 7.73. The van der Waals surface area contributed by atoms with E-state index in [2.05, 4.69) is 11.8 Å². The molecular weight excluding hydrogens is 196 g/mol. The van der Waals surface area contributed by atoms with Gasteiger partial charge < -0.3 is 5.73 Å². The summed E-state index contributed by atoms with van der Waals surface area (Å²) < 4.78 is 0. The van der Waals surface area contributed by atoms with Crippen molar-refractivity contribution < 1.29 is 0 Å². The fourth-order valence-electron chi connectivity index (χ4n) is 4.41. The third kappa shape index (κ3) is 1.62. The highest BCUT2D eigenvalue weighted by atomic mass is 15.3. The molecule has 0 aromatic heterocycles. The van der Waals surface area contributed by atoms with E-state index < -0.39 is 0 Å². The molecule has 0 spiro atoms. The molecule has 3 fully saturated rings. The second kappa shape index (κ2) is 3.99. The van der Waals surface area contributed by atoms with E-state index in [4.69, 9.17) is 5.73 Å². The van der Waals surface area contributed by atoms with Crippen LogP contribution in [0.15, 0.2) is 0 Å². The second-order valence-corrected chi connectivity index (χ2v) is 6.60. The van der Waals surface area contributed by atoms with Crippen LogP contribution < -0.4 is 5.73 Å². The van der Waals surface area contributed by atoms with Crippen LogP contribution in [-0.2, 0) is 0 Å². The summed E-state index contributed by atoms with van der Waals surface area (Å²) in [6.07, 6.45) is 9.90. The highest BCUT2D eigenvalue weighted by Gasteiger charge is 2.48. The van der Waals surface area contributed by atoms with Crippen molar-refractivity contribution in [2.24, 2.45) is 17.6 Å². The Bertz CT molecular complexity index is 255. The van der Waals surface area contributed by atoms with Crippen LogP contribution in [0.1, 0.15) is 51.9 Å². The van der Waals surface area contributed by atoms with Gasteiger partial charge in [-0.25, -0.2) is 0 Å². The lowest BCUT2D eigenvalue weighted by Crippen LogP contribution is -2.58. The van der Waals surface area contributed by atoms with Gasteiger partial charge in [-0.15, -0.1) is 0 Å². The van der Waals surface area contributed by atoms with Crippen LogP contribution in [0.3, 0.4) is 0 Å². The van der Waals surface area contributed by atoms with Crippen molar-refractivity contribution in [2.75, 3.05) is 13.1 Å². The molecule has 2 aliphatic carbocycles. The number of rotatable bonds is 2. The van der Waals surface area contributed by atoms with Gasteiger partial charge in [0.2, 0.25) is 0 Å². The van der Waals surface area contributed by atoms with Crippen molar-refractivity contribution in [2.45, 2.75) is 63.5 Å². The third-order valence-corrected chi connectivity index (χ3v) is 5.60. The van der Waals surface area contributed by atoms with Crippen LogP contribution >= 0.6 is 0 Å².